The Morgan fingerprint density at radius 2 is 0.935 bits per heavy atom. The molecule has 0 unspecified atom stereocenters. The van der Waals surface area contributed by atoms with Crippen LogP contribution in [0.2, 0.25) is 0 Å². The molecule has 0 atom stereocenters. The molecule has 0 radical (unpaired) electrons. The van der Waals surface area contributed by atoms with E-state index in [0.717, 1.165) is 43.9 Å². The number of rotatable bonds is 6. The van der Waals surface area contributed by atoms with E-state index in [0.29, 0.717) is 0 Å². The molecule has 4 nitrogen and oxygen atoms in total. The first kappa shape index (κ1) is 20.7. The Bertz CT molecular complexity index is 1090. The van der Waals surface area contributed by atoms with Crippen molar-refractivity contribution in [2.45, 2.75) is 23.6 Å². The number of phenols is 2. The molecule has 0 aliphatic heterocycles. The van der Waals surface area contributed by atoms with Gasteiger partial charge in [-0.2, -0.15) is 0 Å². The quantitative estimate of drug-likeness (QED) is 0.333. The smallest absolute Gasteiger partial charge is 0.130 e. The molecule has 4 aromatic carbocycles. The molecule has 0 aliphatic carbocycles. The van der Waals surface area contributed by atoms with Crippen molar-refractivity contribution in [3.05, 3.63) is 96.1 Å². The van der Waals surface area contributed by atoms with Gasteiger partial charge in [-0.05, 0) is 110 Å². The molecule has 4 aromatic rings. The third-order valence-electron chi connectivity index (χ3n) is 4.66. The van der Waals surface area contributed by atoms with Crippen LogP contribution in [-0.2, 0) is 0 Å². The van der Waals surface area contributed by atoms with Crippen molar-refractivity contribution in [1.82, 2.24) is 0 Å². The molecule has 0 heterocycles. The summed E-state index contributed by atoms with van der Waals surface area (Å²) in [5.74, 6) is 3.38. The van der Waals surface area contributed by atoms with Crippen LogP contribution in [0.4, 0.5) is 0 Å². The summed E-state index contributed by atoms with van der Waals surface area (Å²) >= 11 is 1.65. The summed E-state index contributed by atoms with van der Waals surface area (Å²) in [5, 5.41) is 19.0. The number of hydrogen-bond donors (Lipinski definition) is 2. The van der Waals surface area contributed by atoms with Gasteiger partial charge in [0.25, 0.3) is 0 Å². The average Bonchev–Trinajstić information content (AvgIpc) is 2.75. The Labute approximate surface area is 185 Å². The van der Waals surface area contributed by atoms with Crippen molar-refractivity contribution in [2.75, 3.05) is 0 Å². The number of benzene rings is 4. The summed E-state index contributed by atoms with van der Waals surface area (Å²) in [7, 11) is 0. The number of phenolic OH excluding ortho intramolecular Hbond substituents is 2. The Hall–Kier alpha value is -3.57. The molecular weight excluding hydrogens is 408 g/mol. The number of aryl methyl sites for hydroxylation is 2. The SMILES string of the molecule is Cc1cc(O)ccc1Oc1ccc(Sc2ccc(Oc3ccc(O)cc3C)cc2)cc1. The molecule has 0 spiro atoms. The maximum absolute atomic E-state index is 9.52. The molecule has 0 fully saturated rings. The predicted molar refractivity (Wildman–Crippen MR) is 123 cm³/mol. The van der Waals surface area contributed by atoms with E-state index in [4.69, 9.17) is 9.47 Å². The predicted octanol–water partition coefficient (Wildman–Crippen LogP) is 7.45. The van der Waals surface area contributed by atoms with Crippen molar-refractivity contribution >= 4 is 11.8 Å². The number of aromatic hydroxyl groups is 2. The molecule has 0 saturated carbocycles. The van der Waals surface area contributed by atoms with Gasteiger partial charge < -0.3 is 19.7 Å². The first-order valence-electron chi connectivity index (χ1n) is 9.79. The second kappa shape index (κ2) is 9.06. The lowest BCUT2D eigenvalue weighted by Gasteiger charge is -2.10. The molecule has 0 aliphatic rings. The Balaban J connectivity index is 1.39. The van der Waals surface area contributed by atoms with Crippen LogP contribution >= 0.6 is 11.8 Å². The van der Waals surface area contributed by atoms with Gasteiger partial charge in [0.2, 0.25) is 0 Å². The zero-order valence-electron chi connectivity index (χ0n) is 17.2. The summed E-state index contributed by atoms with van der Waals surface area (Å²) in [4.78, 5) is 2.19. The van der Waals surface area contributed by atoms with Gasteiger partial charge in [0, 0.05) is 9.79 Å². The Morgan fingerprint density at radius 1 is 0.548 bits per heavy atom. The normalized spacial score (nSPS) is 10.6. The van der Waals surface area contributed by atoms with E-state index in [-0.39, 0.29) is 11.5 Å². The van der Waals surface area contributed by atoms with Crippen molar-refractivity contribution < 1.29 is 19.7 Å². The topological polar surface area (TPSA) is 58.9 Å². The summed E-state index contributed by atoms with van der Waals surface area (Å²) < 4.78 is 11.8. The molecule has 5 heteroatoms. The van der Waals surface area contributed by atoms with Gasteiger partial charge >= 0.3 is 0 Å². The van der Waals surface area contributed by atoms with Crippen molar-refractivity contribution in [1.29, 1.82) is 0 Å². The minimum Gasteiger partial charge on any atom is -0.508 e. The largest absolute Gasteiger partial charge is 0.508 e. The molecule has 31 heavy (non-hydrogen) atoms. The van der Waals surface area contributed by atoms with Crippen LogP contribution in [0.15, 0.2) is 94.7 Å². The lowest BCUT2D eigenvalue weighted by molar-refractivity contribution is 0.461. The Kier molecular flexibility index (Phi) is 6.05. The third-order valence-corrected chi connectivity index (χ3v) is 5.67. The number of hydrogen-bond acceptors (Lipinski definition) is 5. The van der Waals surface area contributed by atoms with Crippen molar-refractivity contribution in [3.8, 4) is 34.5 Å². The molecular formula is C26H22O4S. The summed E-state index contributed by atoms with van der Waals surface area (Å²) in [6, 6.07) is 25.9. The van der Waals surface area contributed by atoms with Crippen molar-refractivity contribution in [2.24, 2.45) is 0 Å². The fourth-order valence-electron chi connectivity index (χ4n) is 3.04. The van der Waals surface area contributed by atoms with E-state index in [1.54, 1.807) is 48.2 Å². The van der Waals surface area contributed by atoms with E-state index in [9.17, 15) is 10.2 Å². The number of ether oxygens (including phenoxy) is 2. The van der Waals surface area contributed by atoms with E-state index >= 15 is 0 Å². The zero-order chi connectivity index (χ0) is 21.8. The van der Waals surface area contributed by atoms with Gasteiger partial charge in [0.05, 0.1) is 0 Å². The van der Waals surface area contributed by atoms with E-state index in [2.05, 4.69) is 0 Å². The lowest BCUT2D eigenvalue weighted by atomic mass is 10.2. The molecule has 2 N–H and O–H groups in total. The molecule has 0 amide bonds. The highest BCUT2D eigenvalue weighted by atomic mass is 32.2. The first-order valence-corrected chi connectivity index (χ1v) is 10.6. The average molecular weight is 431 g/mol. The monoisotopic (exact) mass is 430 g/mol. The van der Waals surface area contributed by atoms with Crippen molar-refractivity contribution in [3.63, 3.8) is 0 Å². The second-order valence-corrected chi connectivity index (χ2v) is 8.30. The van der Waals surface area contributed by atoms with Crippen LogP contribution in [-0.4, -0.2) is 10.2 Å². The third kappa shape index (κ3) is 5.32. The van der Waals surface area contributed by atoms with Crippen LogP contribution in [0.5, 0.6) is 34.5 Å². The van der Waals surface area contributed by atoms with Gasteiger partial charge in [-0.1, -0.05) is 11.8 Å². The van der Waals surface area contributed by atoms with Crippen LogP contribution in [0.25, 0.3) is 0 Å². The zero-order valence-corrected chi connectivity index (χ0v) is 18.0. The highest BCUT2D eigenvalue weighted by Crippen LogP contribution is 2.34. The van der Waals surface area contributed by atoms with E-state index < -0.39 is 0 Å². The summed E-state index contributed by atoms with van der Waals surface area (Å²) in [5.41, 5.74) is 1.76. The highest BCUT2D eigenvalue weighted by molar-refractivity contribution is 7.99. The Morgan fingerprint density at radius 3 is 1.29 bits per heavy atom. The highest BCUT2D eigenvalue weighted by Gasteiger charge is 2.05. The second-order valence-electron chi connectivity index (χ2n) is 7.15. The van der Waals surface area contributed by atoms with Crippen LogP contribution in [0.3, 0.4) is 0 Å². The van der Waals surface area contributed by atoms with E-state index in [1.165, 1.54) is 0 Å². The fraction of sp³-hybridized carbons (Fsp3) is 0.0769. The van der Waals surface area contributed by atoms with Gasteiger partial charge in [-0.25, -0.2) is 0 Å². The maximum atomic E-state index is 9.52. The van der Waals surface area contributed by atoms with Crippen LogP contribution < -0.4 is 9.47 Å². The first-order chi connectivity index (χ1) is 15.0. The van der Waals surface area contributed by atoms with Gasteiger partial charge in [-0.3, -0.25) is 0 Å². The summed E-state index contributed by atoms with van der Waals surface area (Å²) in [6.45, 7) is 3.80. The molecule has 4 rings (SSSR count). The van der Waals surface area contributed by atoms with E-state index in [1.807, 2.05) is 62.4 Å². The lowest BCUT2D eigenvalue weighted by Crippen LogP contribution is -1.88. The molecule has 0 saturated heterocycles. The van der Waals surface area contributed by atoms with Gasteiger partial charge in [0.1, 0.15) is 34.5 Å². The minimum absolute atomic E-state index is 0.228. The molecule has 0 bridgehead atoms. The minimum atomic E-state index is 0.228. The molecule has 156 valence electrons. The van der Waals surface area contributed by atoms with Gasteiger partial charge in [-0.15, -0.1) is 0 Å². The maximum Gasteiger partial charge on any atom is 0.130 e. The van der Waals surface area contributed by atoms with Crippen LogP contribution in [0, 0.1) is 13.8 Å². The fourth-order valence-corrected chi connectivity index (χ4v) is 3.85. The van der Waals surface area contributed by atoms with Crippen LogP contribution in [0.1, 0.15) is 11.1 Å². The standard InChI is InChI=1S/C26H22O4S/c1-17-15-19(27)3-13-25(17)29-21-5-9-23(10-6-21)31-24-11-7-22(8-12-24)30-26-14-4-20(28)16-18(26)2/h3-16,27-28H,1-2H3. The molecule has 0 aromatic heterocycles. The van der Waals surface area contributed by atoms with Gasteiger partial charge in [0.15, 0.2) is 0 Å². The summed E-state index contributed by atoms with van der Waals surface area (Å²) in [6.07, 6.45) is 0.